The molecular weight excluding hydrogens is 296 g/mol. The van der Waals surface area contributed by atoms with Gasteiger partial charge in [-0.25, -0.2) is 4.98 Å². The summed E-state index contributed by atoms with van der Waals surface area (Å²) in [7, 11) is 0. The first-order valence-corrected chi connectivity index (χ1v) is 8.22. The maximum absolute atomic E-state index is 12.2. The van der Waals surface area contributed by atoms with Gasteiger partial charge in [0.2, 0.25) is 0 Å². The number of hydrogen-bond donors (Lipinski definition) is 2. The van der Waals surface area contributed by atoms with Crippen LogP contribution in [0.4, 0.5) is 0 Å². The van der Waals surface area contributed by atoms with Crippen LogP contribution in [0.15, 0.2) is 29.6 Å². The third kappa shape index (κ3) is 5.24. The molecule has 0 aliphatic heterocycles. The van der Waals surface area contributed by atoms with Crippen LogP contribution in [0.2, 0.25) is 0 Å². The highest BCUT2D eigenvalue weighted by Crippen LogP contribution is 2.14. The van der Waals surface area contributed by atoms with Gasteiger partial charge in [0.15, 0.2) is 0 Å². The number of nitrogens with zero attached hydrogens (tertiary/aromatic N) is 1. The fourth-order valence-electron chi connectivity index (χ4n) is 2.08. The van der Waals surface area contributed by atoms with E-state index >= 15 is 0 Å². The molecule has 4 nitrogen and oxygen atoms in total. The number of thiazole rings is 1. The van der Waals surface area contributed by atoms with Gasteiger partial charge in [-0.15, -0.1) is 11.3 Å². The van der Waals surface area contributed by atoms with Crippen LogP contribution in [0.1, 0.15) is 46.9 Å². The minimum absolute atomic E-state index is 0.101. The molecule has 0 unspecified atom stereocenters. The van der Waals surface area contributed by atoms with Gasteiger partial charge in [-0.1, -0.05) is 12.1 Å². The molecule has 0 bridgehead atoms. The summed E-state index contributed by atoms with van der Waals surface area (Å²) in [5.74, 6) is -0.101. The number of rotatable bonds is 6. The second-order valence-electron chi connectivity index (χ2n) is 6.05. The van der Waals surface area contributed by atoms with Crippen molar-refractivity contribution in [3.05, 3.63) is 51.5 Å². The van der Waals surface area contributed by atoms with E-state index in [2.05, 4.69) is 10.3 Å². The van der Waals surface area contributed by atoms with Crippen molar-refractivity contribution >= 4 is 17.2 Å². The topological polar surface area (TPSA) is 62.2 Å². The van der Waals surface area contributed by atoms with Crippen molar-refractivity contribution in [3.63, 3.8) is 0 Å². The Morgan fingerprint density at radius 2 is 2.18 bits per heavy atom. The fraction of sp³-hybridized carbons (Fsp3) is 0.412. The third-order valence-electron chi connectivity index (χ3n) is 3.31. The summed E-state index contributed by atoms with van der Waals surface area (Å²) < 4.78 is 0. The Bertz CT molecular complexity index is 644. The highest BCUT2D eigenvalue weighted by molar-refractivity contribution is 7.09. The molecule has 0 aliphatic rings. The lowest BCUT2D eigenvalue weighted by atomic mass is 9.98. The van der Waals surface area contributed by atoms with Crippen LogP contribution < -0.4 is 5.32 Å². The van der Waals surface area contributed by atoms with Gasteiger partial charge in [0.25, 0.3) is 5.91 Å². The van der Waals surface area contributed by atoms with E-state index in [9.17, 15) is 9.90 Å². The minimum Gasteiger partial charge on any atom is -0.390 e. The Morgan fingerprint density at radius 3 is 2.82 bits per heavy atom. The fourth-order valence-corrected chi connectivity index (χ4v) is 2.69. The van der Waals surface area contributed by atoms with Crippen LogP contribution in [0.3, 0.4) is 0 Å². The summed E-state index contributed by atoms with van der Waals surface area (Å²) >= 11 is 1.58. The molecule has 0 fully saturated rings. The first-order valence-electron chi connectivity index (χ1n) is 7.34. The zero-order chi connectivity index (χ0) is 16.2. The SMILES string of the molecule is Cc1nc(CNC(=O)c2cccc(CCC(C)(C)O)c2)cs1. The molecule has 0 radical (unpaired) electrons. The Balaban J connectivity index is 1.94. The lowest BCUT2D eigenvalue weighted by molar-refractivity contribution is 0.0714. The van der Waals surface area contributed by atoms with Crippen molar-refractivity contribution in [1.29, 1.82) is 0 Å². The largest absolute Gasteiger partial charge is 0.390 e. The van der Waals surface area contributed by atoms with Crippen molar-refractivity contribution in [1.82, 2.24) is 10.3 Å². The number of aryl methyl sites for hydroxylation is 2. The van der Waals surface area contributed by atoms with E-state index in [1.54, 1.807) is 31.3 Å². The van der Waals surface area contributed by atoms with E-state index in [-0.39, 0.29) is 5.91 Å². The molecular formula is C17H22N2O2S. The first kappa shape index (κ1) is 16.6. The molecule has 0 aliphatic carbocycles. The lowest BCUT2D eigenvalue weighted by Crippen LogP contribution is -2.23. The molecule has 0 saturated heterocycles. The van der Waals surface area contributed by atoms with Gasteiger partial charge in [0.05, 0.1) is 22.8 Å². The van der Waals surface area contributed by atoms with Gasteiger partial charge in [0, 0.05) is 10.9 Å². The van der Waals surface area contributed by atoms with Crippen LogP contribution in [0, 0.1) is 6.92 Å². The van der Waals surface area contributed by atoms with Gasteiger partial charge in [-0.3, -0.25) is 4.79 Å². The Morgan fingerprint density at radius 1 is 1.41 bits per heavy atom. The Hall–Kier alpha value is -1.72. The standard InChI is InChI=1S/C17H22N2O2S/c1-12-19-15(11-22-12)10-18-16(20)14-6-4-5-13(9-14)7-8-17(2,3)21/h4-6,9,11,21H,7-8,10H2,1-3H3,(H,18,20). The summed E-state index contributed by atoms with van der Waals surface area (Å²) in [6, 6.07) is 7.54. The number of hydrogen-bond acceptors (Lipinski definition) is 4. The number of carbonyl (C=O) groups excluding carboxylic acids is 1. The quantitative estimate of drug-likeness (QED) is 0.860. The molecule has 2 rings (SSSR count). The molecule has 1 heterocycles. The first-order chi connectivity index (χ1) is 10.3. The molecule has 0 atom stereocenters. The maximum atomic E-state index is 12.2. The summed E-state index contributed by atoms with van der Waals surface area (Å²) in [5, 5.41) is 15.6. The monoisotopic (exact) mass is 318 g/mol. The van der Waals surface area contributed by atoms with Gasteiger partial charge in [-0.05, 0) is 51.3 Å². The molecule has 5 heteroatoms. The smallest absolute Gasteiger partial charge is 0.251 e. The van der Waals surface area contributed by atoms with Gasteiger partial charge >= 0.3 is 0 Å². The summed E-state index contributed by atoms with van der Waals surface area (Å²) in [6.45, 7) is 5.97. The zero-order valence-electron chi connectivity index (χ0n) is 13.2. The lowest BCUT2D eigenvalue weighted by Gasteiger charge is -2.16. The van der Waals surface area contributed by atoms with Crippen LogP contribution in [-0.4, -0.2) is 21.6 Å². The van der Waals surface area contributed by atoms with Gasteiger partial charge < -0.3 is 10.4 Å². The number of carbonyl (C=O) groups is 1. The van der Waals surface area contributed by atoms with E-state index in [1.807, 2.05) is 30.5 Å². The molecule has 1 aromatic heterocycles. The van der Waals surface area contributed by atoms with Gasteiger partial charge in [-0.2, -0.15) is 0 Å². The highest BCUT2D eigenvalue weighted by Gasteiger charge is 2.13. The van der Waals surface area contributed by atoms with Crippen LogP contribution in [-0.2, 0) is 13.0 Å². The normalized spacial score (nSPS) is 11.5. The van der Waals surface area contributed by atoms with Crippen LogP contribution in [0.25, 0.3) is 0 Å². The molecule has 1 aromatic carbocycles. The average Bonchev–Trinajstić information content (AvgIpc) is 2.88. The zero-order valence-corrected chi connectivity index (χ0v) is 14.0. The van der Waals surface area contributed by atoms with Gasteiger partial charge in [0.1, 0.15) is 0 Å². The number of benzene rings is 1. The number of nitrogens with one attached hydrogen (secondary N) is 1. The Labute approximate surface area is 135 Å². The van der Waals surface area contributed by atoms with Crippen molar-refractivity contribution in [2.75, 3.05) is 0 Å². The Kier molecular flexibility index (Phi) is 5.32. The predicted molar refractivity (Wildman–Crippen MR) is 89.1 cm³/mol. The number of aromatic nitrogens is 1. The number of aliphatic hydroxyl groups is 1. The molecule has 22 heavy (non-hydrogen) atoms. The molecule has 0 spiro atoms. The minimum atomic E-state index is -0.694. The number of amides is 1. The van der Waals surface area contributed by atoms with E-state index in [0.717, 1.165) is 22.7 Å². The van der Waals surface area contributed by atoms with E-state index in [4.69, 9.17) is 0 Å². The maximum Gasteiger partial charge on any atom is 0.251 e. The third-order valence-corrected chi connectivity index (χ3v) is 4.13. The molecule has 0 saturated carbocycles. The van der Waals surface area contributed by atoms with E-state index < -0.39 is 5.60 Å². The van der Waals surface area contributed by atoms with Crippen molar-refractivity contribution in [2.45, 2.75) is 45.8 Å². The van der Waals surface area contributed by atoms with E-state index in [0.29, 0.717) is 18.5 Å². The van der Waals surface area contributed by atoms with Crippen molar-refractivity contribution < 1.29 is 9.90 Å². The second-order valence-corrected chi connectivity index (χ2v) is 7.12. The van der Waals surface area contributed by atoms with E-state index in [1.165, 1.54) is 0 Å². The van der Waals surface area contributed by atoms with Crippen LogP contribution >= 0.6 is 11.3 Å². The molecule has 1 amide bonds. The molecule has 2 aromatic rings. The predicted octanol–water partition coefficient (Wildman–Crippen LogP) is 3.09. The average molecular weight is 318 g/mol. The highest BCUT2D eigenvalue weighted by atomic mass is 32.1. The molecule has 2 N–H and O–H groups in total. The van der Waals surface area contributed by atoms with Crippen LogP contribution in [0.5, 0.6) is 0 Å². The van der Waals surface area contributed by atoms with Crippen molar-refractivity contribution in [3.8, 4) is 0 Å². The second kappa shape index (κ2) is 7.03. The summed E-state index contributed by atoms with van der Waals surface area (Å²) in [5.41, 5.74) is 1.88. The summed E-state index contributed by atoms with van der Waals surface area (Å²) in [4.78, 5) is 16.5. The summed E-state index contributed by atoms with van der Waals surface area (Å²) in [6.07, 6.45) is 1.41. The molecule has 118 valence electrons. The van der Waals surface area contributed by atoms with Crippen molar-refractivity contribution in [2.24, 2.45) is 0 Å².